The lowest BCUT2D eigenvalue weighted by Crippen LogP contribution is -2.35. The zero-order valence-electron chi connectivity index (χ0n) is 13.8. The van der Waals surface area contributed by atoms with Gasteiger partial charge in [0.25, 0.3) is 5.91 Å². The van der Waals surface area contributed by atoms with Crippen molar-refractivity contribution in [2.45, 2.75) is 13.1 Å². The lowest BCUT2D eigenvalue weighted by atomic mass is 10.1. The van der Waals surface area contributed by atoms with Gasteiger partial charge in [-0.3, -0.25) is 9.69 Å². The Bertz CT molecular complexity index is 729. The first-order chi connectivity index (χ1) is 12.1. The van der Waals surface area contributed by atoms with E-state index in [-0.39, 0.29) is 12.1 Å². The smallest absolute Gasteiger partial charge is 0.254 e. The normalized spacial score (nSPS) is 15.1. The molecule has 6 heteroatoms. The highest BCUT2D eigenvalue weighted by Crippen LogP contribution is 2.11. The summed E-state index contributed by atoms with van der Waals surface area (Å²) in [5, 5.41) is 2.65. The first kappa shape index (κ1) is 17.5. The second kappa shape index (κ2) is 8.18. The molecule has 0 aromatic heterocycles. The molecule has 0 radical (unpaired) electrons. The number of morpholine rings is 1. The van der Waals surface area contributed by atoms with E-state index < -0.39 is 17.5 Å². The second-order valence-electron chi connectivity index (χ2n) is 6.01. The van der Waals surface area contributed by atoms with Gasteiger partial charge in [0, 0.05) is 32.2 Å². The predicted octanol–water partition coefficient (Wildman–Crippen LogP) is 2.73. The van der Waals surface area contributed by atoms with Gasteiger partial charge in [-0.1, -0.05) is 24.3 Å². The van der Waals surface area contributed by atoms with Crippen molar-refractivity contribution in [3.8, 4) is 0 Å². The predicted molar refractivity (Wildman–Crippen MR) is 90.1 cm³/mol. The number of halogens is 2. The fraction of sp³-hybridized carbons (Fsp3) is 0.316. The summed E-state index contributed by atoms with van der Waals surface area (Å²) >= 11 is 0. The van der Waals surface area contributed by atoms with Crippen LogP contribution in [0.3, 0.4) is 0 Å². The second-order valence-corrected chi connectivity index (χ2v) is 6.01. The van der Waals surface area contributed by atoms with Crippen molar-refractivity contribution in [1.29, 1.82) is 0 Å². The number of rotatable bonds is 5. The lowest BCUT2D eigenvalue weighted by Gasteiger charge is -2.26. The van der Waals surface area contributed by atoms with Crippen molar-refractivity contribution in [1.82, 2.24) is 10.2 Å². The molecule has 0 unspecified atom stereocenters. The van der Waals surface area contributed by atoms with Crippen molar-refractivity contribution in [2.24, 2.45) is 0 Å². The van der Waals surface area contributed by atoms with Crippen LogP contribution in [0, 0.1) is 11.6 Å². The maximum atomic E-state index is 13.6. The van der Waals surface area contributed by atoms with Crippen LogP contribution in [0.5, 0.6) is 0 Å². The van der Waals surface area contributed by atoms with Gasteiger partial charge in [-0.05, 0) is 23.3 Å². The SMILES string of the molecule is O=C(NCc1ccc(CN2CCOCC2)cc1)c1ccc(F)cc1F. The molecule has 0 atom stereocenters. The minimum Gasteiger partial charge on any atom is -0.379 e. The highest BCUT2D eigenvalue weighted by molar-refractivity contribution is 5.94. The molecule has 1 N–H and O–H groups in total. The fourth-order valence-corrected chi connectivity index (χ4v) is 2.73. The molecule has 0 spiro atoms. The zero-order valence-corrected chi connectivity index (χ0v) is 13.8. The van der Waals surface area contributed by atoms with E-state index in [4.69, 9.17) is 4.74 Å². The first-order valence-corrected chi connectivity index (χ1v) is 8.23. The van der Waals surface area contributed by atoms with Gasteiger partial charge in [0.05, 0.1) is 18.8 Å². The summed E-state index contributed by atoms with van der Waals surface area (Å²) in [4.78, 5) is 14.3. The summed E-state index contributed by atoms with van der Waals surface area (Å²) in [7, 11) is 0. The Balaban J connectivity index is 1.53. The third-order valence-corrected chi connectivity index (χ3v) is 4.16. The van der Waals surface area contributed by atoms with E-state index >= 15 is 0 Å². The molecule has 0 aliphatic carbocycles. The molecule has 4 nitrogen and oxygen atoms in total. The van der Waals surface area contributed by atoms with Crippen LogP contribution in [-0.4, -0.2) is 37.1 Å². The Hall–Kier alpha value is -2.31. The van der Waals surface area contributed by atoms with Crippen molar-refractivity contribution in [3.05, 3.63) is 70.8 Å². The molecule has 2 aromatic carbocycles. The summed E-state index contributed by atoms with van der Waals surface area (Å²) in [5.41, 5.74) is 1.95. The molecule has 0 bridgehead atoms. The minimum atomic E-state index is -0.863. The summed E-state index contributed by atoms with van der Waals surface area (Å²) in [6.45, 7) is 4.56. The summed E-state index contributed by atoms with van der Waals surface area (Å²) in [6, 6.07) is 10.8. The minimum absolute atomic E-state index is 0.162. The van der Waals surface area contributed by atoms with Crippen molar-refractivity contribution >= 4 is 5.91 Å². The number of hydrogen-bond donors (Lipinski definition) is 1. The van der Waals surface area contributed by atoms with Crippen LogP contribution in [-0.2, 0) is 17.8 Å². The number of carbonyl (C=O) groups is 1. The Morgan fingerprint density at radius 2 is 1.72 bits per heavy atom. The van der Waals surface area contributed by atoms with Crippen LogP contribution in [0.4, 0.5) is 8.78 Å². The van der Waals surface area contributed by atoms with Crippen LogP contribution in [0.15, 0.2) is 42.5 Å². The molecule has 1 aliphatic rings. The Morgan fingerprint density at radius 3 is 2.40 bits per heavy atom. The average molecular weight is 346 g/mol. The number of carbonyl (C=O) groups excluding carboxylic acids is 1. The Labute approximate surface area is 145 Å². The molecule has 2 aromatic rings. The maximum Gasteiger partial charge on any atom is 0.254 e. The number of nitrogens with one attached hydrogen (secondary N) is 1. The summed E-state index contributed by atoms with van der Waals surface area (Å²) < 4.78 is 31.8. The standard InChI is InChI=1S/C19H20F2N2O2/c20-16-5-6-17(18(21)11-16)19(24)22-12-14-1-3-15(4-2-14)13-23-7-9-25-10-8-23/h1-6,11H,7-10,12-13H2,(H,22,24). The third kappa shape index (κ3) is 4.84. The molecule has 1 saturated heterocycles. The van der Waals surface area contributed by atoms with E-state index in [0.717, 1.165) is 50.5 Å². The average Bonchev–Trinajstić information content (AvgIpc) is 2.62. The van der Waals surface area contributed by atoms with Crippen LogP contribution in [0.1, 0.15) is 21.5 Å². The number of nitrogens with zero attached hydrogens (tertiary/aromatic N) is 1. The Kier molecular flexibility index (Phi) is 5.73. The largest absolute Gasteiger partial charge is 0.379 e. The van der Waals surface area contributed by atoms with E-state index in [1.165, 1.54) is 5.56 Å². The number of hydrogen-bond acceptors (Lipinski definition) is 3. The van der Waals surface area contributed by atoms with Crippen LogP contribution >= 0.6 is 0 Å². The molecule has 1 amide bonds. The van der Waals surface area contributed by atoms with Crippen LogP contribution < -0.4 is 5.32 Å². The number of ether oxygens (including phenoxy) is 1. The van der Waals surface area contributed by atoms with Gasteiger partial charge in [-0.25, -0.2) is 8.78 Å². The molecule has 25 heavy (non-hydrogen) atoms. The van der Waals surface area contributed by atoms with Crippen LogP contribution in [0.25, 0.3) is 0 Å². The van der Waals surface area contributed by atoms with Gasteiger partial charge in [0.2, 0.25) is 0 Å². The summed E-state index contributed by atoms with van der Waals surface area (Å²) in [5.74, 6) is -2.13. The van der Waals surface area contributed by atoms with Crippen molar-refractivity contribution < 1.29 is 18.3 Å². The zero-order chi connectivity index (χ0) is 17.6. The van der Waals surface area contributed by atoms with E-state index in [9.17, 15) is 13.6 Å². The van der Waals surface area contributed by atoms with Crippen molar-refractivity contribution in [3.63, 3.8) is 0 Å². The summed E-state index contributed by atoms with van der Waals surface area (Å²) in [6.07, 6.45) is 0. The highest BCUT2D eigenvalue weighted by Gasteiger charge is 2.13. The monoisotopic (exact) mass is 346 g/mol. The van der Waals surface area contributed by atoms with Gasteiger partial charge in [0.1, 0.15) is 11.6 Å². The molecule has 1 aliphatic heterocycles. The molecule has 3 rings (SSSR count). The first-order valence-electron chi connectivity index (χ1n) is 8.23. The van der Waals surface area contributed by atoms with E-state index in [0.29, 0.717) is 6.07 Å². The van der Waals surface area contributed by atoms with Crippen molar-refractivity contribution in [2.75, 3.05) is 26.3 Å². The van der Waals surface area contributed by atoms with Crippen LogP contribution in [0.2, 0.25) is 0 Å². The third-order valence-electron chi connectivity index (χ3n) is 4.16. The van der Waals surface area contributed by atoms with E-state index in [2.05, 4.69) is 10.2 Å². The molecular formula is C19H20F2N2O2. The number of benzene rings is 2. The molecule has 0 saturated carbocycles. The topological polar surface area (TPSA) is 41.6 Å². The fourth-order valence-electron chi connectivity index (χ4n) is 2.73. The van der Waals surface area contributed by atoms with Gasteiger partial charge in [-0.15, -0.1) is 0 Å². The lowest BCUT2D eigenvalue weighted by molar-refractivity contribution is 0.0342. The quantitative estimate of drug-likeness (QED) is 0.905. The molecular weight excluding hydrogens is 326 g/mol. The van der Waals surface area contributed by atoms with Gasteiger partial charge in [0.15, 0.2) is 0 Å². The molecule has 1 fully saturated rings. The number of amides is 1. The van der Waals surface area contributed by atoms with Gasteiger partial charge >= 0.3 is 0 Å². The molecule has 1 heterocycles. The van der Waals surface area contributed by atoms with E-state index in [1.54, 1.807) is 0 Å². The van der Waals surface area contributed by atoms with Gasteiger partial charge < -0.3 is 10.1 Å². The maximum absolute atomic E-state index is 13.6. The van der Waals surface area contributed by atoms with E-state index in [1.807, 2.05) is 24.3 Å². The molecule has 132 valence electrons. The highest BCUT2D eigenvalue weighted by atomic mass is 19.1. The van der Waals surface area contributed by atoms with Gasteiger partial charge in [-0.2, -0.15) is 0 Å². The Morgan fingerprint density at radius 1 is 1.04 bits per heavy atom.